The van der Waals surface area contributed by atoms with Gasteiger partial charge in [0.25, 0.3) is 0 Å². The fourth-order valence-electron chi connectivity index (χ4n) is 1.96. The third-order valence-corrected chi connectivity index (χ3v) is 4.16. The number of rotatable bonds is 6. The largest absolute Gasteiger partial charge is 0.384 e. The summed E-state index contributed by atoms with van der Waals surface area (Å²) in [7, 11) is 1.73. The molecule has 2 nitrogen and oxygen atoms in total. The molecule has 0 aliphatic heterocycles. The number of thiophene rings is 1. The van der Waals surface area contributed by atoms with Crippen LogP contribution >= 0.6 is 22.9 Å². The first-order valence-electron chi connectivity index (χ1n) is 6.28. The summed E-state index contributed by atoms with van der Waals surface area (Å²) in [4.78, 5) is 0. The molecule has 1 aromatic heterocycles. The van der Waals surface area contributed by atoms with Crippen LogP contribution in [0.3, 0.4) is 0 Å². The summed E-state index contributed by atoms with van der Waals surface area (Å²) in [6.07, 6.45) is 0.913. The maximum atomic E-state index is 5.98. The third-order valence-electron chi connectivity index (χ3n) is 3.05. The van der Waals surface area contributed by atoms with Crippen LogP contribution in [0.15, 0.2) is 35.7 Å². The molecule has 1 N–H and O–H groups in total. The van der Waals surface area contributed by atoms with Crippen LogP contribution in [0, 0.1) is 0 Å². The fourth-order valence-corrected chi connectivity index (χ4v) is 2.94. The molecule has 1 atom stereocenters. The molecule has 1 aromatic carbocycles. The van der Waals surface area contributed by atoms with Gasteiger partial charge < -0.3 is 10.1 Å². The van der Waals surface area contributed by atoms with Crippen molar-refractivity contribution in [2.75, 3.05) is 19.0 Å². The molecule has 0 aliphatic rings. The van der Waals surface area contributed by atoms with E-state index in [4.69, 9.17) is 16.3 Å². The lowest BCUT2D eigenvalue weighted by atomic mass is 10.1. The Kier molecular flexibility index (Phi) is 5.25. The predicted octanol–water partition coefficient (Wildman–Crippen LogP) is 4.76. The Bertz CT molecular complexity index is 526. The van der Waals surface area contributed by atoms with Crippen molar-refractivity contribution >= 4 is 28.6 Å². The number of hydrogen-bond donors (Lipinski definition) is 1. The third kappa shape index (κ3) is 3.96. The molecule has 1 unspecified atom stereocenters. The number of ether oxygens (including phenoxy) is 1. The van der Waals surface area contributed by atoms with E-state index in [0.717, 1.165) is 23.1 Å². The van der Waals surface area contributed by atoms with Crippen molar-refractivity contribution in [1.29, 1.82) is 0 Å². The highest BCUT2D eigenvalue weighted by molar-refractivity contribution is 7.14. The van der Waals surface area contributed by atoms with Crippen LogP contribution in [-0.4, -0.2) is 13.7 Å². The molecule has 2 aromatic rings. The van der Waals surface area contributed by atoms with Crippen LogP contribution in [0.1, 0.15) is 24.1 Å². The van der Waals surface area contributed by atoms with Crippen molar-refractivity contribution < 1.29 is 4.74 Å². The maximum Gasteiger partial charge on any atom is 0.0931 e. The lowest BCUT2D eigenvalue weighted by Gasteiger charge is -2.17. The summed E-state index contributed by atoms with van der Waals surface area (Å²) in [5, 5.41) is 5.64. The van der Waals surface area contributed by atoms with Gasteiger partial charge in [-0.2, -0.15) is 0 Å². The van der Waals surface area contributed by atoms with Crippen molar-refractivity contribution in [2.45, 2.75) is 19.4 Å². The number of methoxy groups -OCH3 is 1. The van der Waals surface area contributed by atoms with Crippen LogP contribution in [0.4, 0.5) is 5.69 Å². The zero-order valence-corrected chi connectivity index (χ0v) is 12.7. The second-order valence-corrected chi connectivity index (χ2v) is 5.99. The summed E-state index contributed by atoms with van der Waals surface area (Å²) in [6.45, 7) is 2.88. The number of halogens is 1. The van der Waals surface area contributed by atoms with Crippen molar-refractivity contribution in [3.63, 3.8) is 0 Å². The highest BCUT2D eigenvalue weighted by Crippen LogP contribution is 2.28. The number of nitrogens with one attached hydrogen (secondary N) is 1. The molecule has 0 fully saturated rings. The molecular formula is C15H18ClNOS. The molecule has 0 saturated heterocycles. The normalized spacial score (nSPS) is 12.4. The lowest BCUT2D eigenvalue weighted by Crippen LogP contribution is -2.08. The molecule has 4 heteroatoms. The molecule has 0 radical (unpaired) electrons. The van der Waals surface area contributed by atoms with Crippen molar-refractivity contribution in [3.05, 3.63) is 51.2 Å². The summed E-state index contributed by atoms with van der Waals surface area (Å²) in [6, 6.07) is 10.6. The number of benzene rings is 1. The van der Waals surface area contributed by atoms with Crippen LogP contribution < -0.4 is 5.32 Å². The molecule has 0 amide bonds. The topological polar surface area (TPSA) is 21.3 Å². The van der Waals surface area contributed by atoms with Gasteiger partial charge in [0.05, 0.1) is 10.9 Å². The monoisotopic (exact) mass is 295 g/mol. The first kappa shape index (κ1) is 14.4. The maximum absolute atomic E-state index is 5.98. The molecule has 2 rings (SSSR count). The summed E-state index contributed by atoms with van der Waals surface area (Å²) >= 11 is 7.55. The highest BCUT2D eigenvalue weighted by atomic mass is 35.5. The molecule has 0 saturated carbocycles. The smallest absolute Gasteiger partial charge is 0.0931 e. The SMILES string of the molecule is COCCc1ccccc1NC(C)c1csc(Cl)c1. The Hall–Kier alpha value is -1.03. The van der Waals surface area contributed by atoms with E-state index < -0.39 is 0 Å². The second kappa shape index (κ2) is 6.94. The molecular weight excluding hydrogens is 278 g/mol. The Balaban J connectivity index is 2.09. The van der Waals surface area contributed by atoms with E-state index in [0.29, 0.717) is 0 Å². The van der Waals surface area contributed by atoms with Gasteiger partial charge in [-0.15, -0.1) is 11.3 Å². The average Bonchev–Trinajstić information content (AvgIpc) is 2.84. The van der Waals surface area contributed by atoms with Gasteiger partial charge in [-0.1, -0.05) is 29.8 Å². The van der Waals surface area contributed by atoms with Crippen LogP contribution in [0.25, 0.3) is 0 Å². The summed E-state index contributed by atoms with van der Waals surface area (Å²) in [5.74, 6) is 0. The van der Waals surface area contributed by atoms with Crippen LogP contribution in [0.2, 0.25) is 4.34 Å². The van der Waals surface area contributed by atoms with Gasteiger partial charge in [-0.05, 0) is 42.0 Å². The first-order chi connectivity index (χ1) is 9.20. The molecule has 102 valence electrons. The van der Waals surface area contributed by atoms with Gasteiger partial charge in [0.1, 0.15) is 0 Å². The second-order valence-electron chi connectivity index (χ2n) is 4.45. The zero-order chi connectivity index (χ0) is 13.7. The van der Waals surface area contributed by atoms with E-state index in [1.165, 1.54) is 11.1 Å². The van der Waals surface area contributed by atoms with Gasteiger partial charge in [0, 0.05) is 18.8 Å². The van der Waals surface area contributed by atoms with E-state index in [2.05, 4.69) is 35.8 Å². The van der Waals surface area contributed by atoms with Gasteiger partial charge >= 0.3 is 0 Å². The lowest BCUT2D eigenvalue weighted by molar-refractivity contribution is 0.202. The summed E-state index contributed by atoms with van der Waals surface area (Å²) in [5.41, 5.74) is 3.66. The molecule has 0 bridgehead atoms. The Labute approximate surface area is 123 Å². The fraction of sp³-hybridized carbons (Fsp3) is 0.333. The standard InChI is InChI=1S/C15H18ClNOS/c1-11(13-9-15(16)19-10-13)17-14-6-4-3-5-12(14)7-8-18-2/h3-6,9-11,17H,7-8H2,1-2H3. The quantitative estimate of drug-likeness (QED) is 0.829. The van der Waals surface area contributed by atoms with Crippen LogP contribution in [-0.2, 0) is 11.2 Å². The van der Waals surface area contributed by atoms with E-state index in [1.54, 1.807) is 18.4 Å². The first-order valence-corrected chi connectivity index (χ1v) is 7.53. The zero-order valence-electron chi connectivity index (χ0n) is 11.2. The van der Waals surface area contributed by atoms with E-state index >= 15 is 0 Å². The van der Waals surface area contributed by atoms with Gasteiger partial charge in [-0.25, -0.2) is 0 Å². The number of para-hydroxylation sites is 1. The highest BCUT2D eigenvalue weighted by Gasteiger charge is 2.09. The van der Waals surface area contributed by atoms with Gasteiger partial charge in [-0.3, -0.25) is 0 Å². The predicted molar refractivity (Wildman–Crippen MR) is 83.4 cm³/mol. The Morgan fingerprint density at radius 3 is 2.84 bits per heavy atom. The Morgan fingerprint density at radius 1 is 1.37 bits per heavy atom. The van der Waals surface area contributed by atoms with Crippen molar-refractivity contribution in [3.8, 4) is 0 Å². The number of anilines is 1. The van der Waals surface area contributed by atoms with Gasteiger partial charge in [0.2, 0.25) is 0 Å². The van der Waals surface area contributed by atoms with E-state index in [1.807, 2.05) is 12.1 Å². The average molecular weight is 296 g/mol. The van der Waals surface area contributed by atoms with Crippen LogP contribution in [0.5, 0.6) is 0 Å². The Morgan fingerprint density at radius 2 is 2.16 bits per heavy atom. The van der Waals surface area contributed by atoms with Crippen molar-refractivity contribution in [1.82, 2.24) is 0 Å². The minimum absolute atomic E-state index is 0.243. The minimum atomic E-state index is 0.243. The number of hydrogen-bond acceptors (Lipinski definition) is 3. The summed E-state index contributed by atoms with van der Waals surface area (Å²) < 4.78 is 5.98. The minimum Gasteiger partial charge on any atom is -0.384 e. The van der Waals surface area contributed by atoms with Crippen molar-refractivity contribution in [2.24, 2.45) is 0 Å². The van der Waals surface area contributed by atoms with Gasteiger partial charge in [0.15, 0.2) is 0 Å². The van der Waals surface area contributed by atoms with E-state index in [9.17, 15) is 0 Å². The molecule has 0 spiro atoms. The molecule has 0 aliphatic carbocycles. The molecule has 19 heavy (non-hydrogen) atoms. The molecule has 1 heterocycles. The van der Waals surface area contributed by atoms with E-state index in [-0.39, 0.29) is 6.04 Å².